The van der Waals surface area contributed by atoms with Crippen molar-refractivity contribution in [3.8, 4) is 11.8 Å². The lowest BCUT2D eigenvalue weighted by atomic mass is 9.77. The maximum atomic E-state index is 8.61. The van der Waals surface area contributed by atoms with E-state index in [1.165, 1.54) is 11.1 Å². The number of allylic oxidation sites excluding steroid dienone is 2. The minimum atomic E-state index is 0.0549. The number of fused-ring (bicyclic) bond motifs is 3. The Morgan fingerprint density at radius 2 is 2.00 bits per heavy atom. The summed E-state index contributed by atoms with van der Waals surface area (Å²) in [7, 11) is 0. The maximum absolute atomic E-state index is 8.61. The molecule has 2 aliphatic rings. The van der Waals surface area contributed by atoms with Gasteiger partial charge in [-0.25, -0.2) is 0 Å². The van der Waals surface area contributed by atoms with Crippen molar-refractivity contribution < 1.29 is 4.74 Å². The van der Waals surface area contributed by atoms with E-state index in [4.69, 9.17) is 33.2 Å². The van der Waals surface area contributed by atoms with Crippen LogP contribution in [-0.4, -0.2) is 6.61 Å². The zero-order valence-corrected chi connectivity index (χ0v) is 14.9. The first-order valence-electron chi connectivity index (χ1n) is 8.19. The van der Waals surface area contributed by atoms with Gasteiger partial charge >= 0.3 is 0 Å². The SMILES string of the molecule is N#CCOc1ccc([C@@H]2Nc3c(Cl)cc(Cl)cc3[C@@H]3C=CC[C@H]32)cc1. The summed E-state index contributed by atoms with van der Waals surface area (Å²) in [5.74, 6) is 1.44. The maximum Gasteiger partial charge on any atom is 0.174 e. The molecule has 0 radical (unpaired) electrons. The van der Waals surface area contributed by atoms with Crippen molar-refractivity contribution in [2.24, 2.45) is 5.92 Å². The number of ether oxygens (including phenoxy) is 1. The van der Waals surface area contributed by atoms with Crippen molar-refractivity contribution in [1.29, 1.82) is 5.26 Å². The molecule has 25 heavy (non-hydrogen) atoms. The third kappa shape index (κ3) is 2.97. The van der Waals surface area contributed by atoms with Crippen molar-refractivity contribution in [3.63, 3.8) is 0 Å². The van der Waals surface area contributed by atoms with Gasteiger partial charge in [-0.15, -0.1) is 0 Å². The van der Waals surface area contributed by atoms with E-state index < -0.39 is 0 Å². The predicted molar refractivity (Wildman–Crippen MR) is 100 cm³/mol. The Balaban J connectivity index is 1.68. The summed E-state index contributed by atoms with van der Waals surface area (Å²) in [6.07, 6.45) is 5.51. The van der Waals surface area contributed by atoms with Crippen molar-refractivity contribution >= 4 is 28.9 Å². The van der Waals surface area contributed by atoms with E-state index >= 15 is 0 Å². The van der Waals surface area contributed by atoms with Gasteiger partial charge in [0, 0.05) is 10.9 Å². The first-order valence-corrected chi connectivity index (χ1v) is 8.95. The number of benzene rings is 2. The molecule has 0 saturated heterocycles. The van der Waals surface area contributed by atoms with Crippen molar-refractivity contribution in [2.75, 3.05) is 11.9 Å². The second-order valence-electron chi connectivity index (χ2n) is 6.34. The third-order valence-electron chi connectivity index (χ3n) is 4.93. The highest BCUT2D eigenvalue weighted by molar-refractivity contribution is 6.36. The fourth-order valence-corrected chi connectivity index (χ4v) is 4.40. The van der Waals surface area contributed by atoms with E-state index in [0.29, 0.717) is 27.6 Å². The topological polar surface area (TPSA) is 45.0 Å². The number of halogens is 2. The average Bonchev–Trinajstić information content (AvgIpc) is 3.10. The fraction of sp³-hybridized carbons (Fsp3) is 0.250. The predicted octanol–water partition coefficient (Wildman–Crippen LogP) is 5.72. The molecule has 126 valence electrons. The van der Waals surface area contributed by atoms with Crippen LogP contribution in [0.5, 0.6) is 5.75 Å². The highest BCUT2D eigenvalue weighted by Gasteiger charge is 2.38. The molecule has 3 atom stereocenters. The molecule has 2 aromatic carbocycles. The molecule has 0 unspecified atom stereocenters. The number of nitrogens with zero attached hydrogens (tertiary/aromatic N) is 1. The lowest BCUT2D eigenvalue weighted by Gasteiger charge is -2.38. The monoisotopic (exact) mass is 370 g/mol. The summed E-state index contributed by atoms with van der Waals surface area (Å²) < 4.78 is 5.34. The highest BCUT2D eigenvalue weighted by atomic mass is 35.5. The molecule has 4 rings (SSSR count). The molecule has 1 N–H and O–H groups in total. The van der Waals surface area contributed by atoms with Crippen LogP contribution in [0.25, 0.3) is 0 Å². The Labute approximate surface area is 156 Å². The van der Waals surface area contributed by atoms with Gasteiger partial charge in [0.05, 0.1) is 16.8 Å². The summed E-state index contributed by atoms with van der Waals surface area (Å²) in [4.78, 5) is 0. The molecular formula is C20H16Cl2N2O. The standard InChI is InChI=1S/C20H16Cl2N2O/c21-13-10-17-15-2-1-3-16(15)19(24-20(17)18(22)11-13)12-4-6-14(7-5-12)25-9-8-23/h1-2,4-7,10-11,15-16,19,24H,3,9H2/t15-,16-,19+/m1/s1. The summed E-state index contributed by atoms with van der Waals surface area (Å²) in [5, 5.41) is 13.6. The Hall–Kier alpha value is -2.15. The van der Waals surface area contributed by atoms with Crippen LogP contribution in [-0.2, 0) is 0 Å². The van der Waals surface area contributed by atoms with Crippen molar-refractivity contribution in [3.05, 3.63) is 69.7 Å². The molecule has 0 aromatic heterocycles. The Kier molecular flexibility index (Phi) is 4.33. The van der Waals surface area contributed by atoms with Crippen LogP contribution < -0.4 is 10.1 Å². The van der Waals surface area contributed by atoms with E-state index in [9.17, 15) is 0 Å². The fourth-order valence-electron chi connectivity index (χ4n) is 3.84. The number of nitrogens with one attached hydrogen (secondary N) is 1. The molecule has 2 aromatic rings. The van der Waals surface area contributed by atoms with Gasteiger partial charge in [0.25, 0.3) is 0 Å². The zero-order chi connectivity index (χ0) is 17.4. The van der Waals surface area contributed by atoms with E-state index in [0.717, 1.165) is 12.1 Å². The van der Waals surface area contributed by atoms with Gasteiger partial charge in [0.2, 0.25) is 0 Å². The number of hydrogen-bond acceptors (Lipinski definition) is 3. The summed E-state index contributed by atoms with van der Waals surface area (Å²) >= 11 is 12.7. The number of rotatable bonds is 3. The molecule has 1 aliphatic heterocycles. The van der Waals surface area contributed by atoms with Crippen LogP contribution in [0.15, 0.2) is 48.6 Å². The molecule has 0 bridgehead atoms. The van der Waals surface area contributed by atoms with Crippen LogP contribution in [0.1, 0.15) is 29.5 Å². The van der Waals surface area contributed by atoms with Gasteiger partial charge in [0.15, 0.2) is 6.61 Å². The van der Waals surface area contributed by atoms with Crippen molar-refractivity contribution in [2.45, 2.75) is 18.4 Å². The van der Waals surface area contributed by atoms with Crippen LogP contribution >= 0.6 is 23.2 Å². The quantitative estimate of drug-likeness (QED) is 0.702. The Morgan fingerprint density at radius 3 is 2.76 bits per heavy atom. The first-order chi connectivity index (χ1) is 12.2. The van der Waals surface area contributed by atoms with Gasteiger partial charge in [0.1, 0.15) is 11.8 Å². The smallest absolute Gasteiger partial charge is 0.174 e. The molecule has 1 aliphatic carbocycles. The molecule has 0 saturated carbocycles. The molecule has 5 heteroatoms. The molecule has 1 heterocycles. The molecule has 3 nitrogen and oxygen atoms in total. The minimum Gasteiger partial charge on any atom is -0.479 e. The lowest BCUT2D eigenvalue weighted by Crippen LogP contribution is -2.29. The summed E-state index contributed by atoms with van der Waals surface area (Å²) in [6.45, 7) is 0.0549. The largest absolute Gasteiger partial charge is 0.479 e. The molecule has 0 fully saturated rings. The van der Waals surface area contributed by atoms with Crippen LogP contribution in [0.3, 0.4) is 0 Å². The number of hydrogen-bond donors (Lipinski definition) is 1. The van der Waals surface area contributed by atoms with Crippen molar-refractivity contribution in [1.82, 2.24) is 0 Å². The Morgan fingerprint density at radius 1 is 1.20 bits per heavy atom. The van der Waals surface area contributed by atoms with E-state index in [2.05, 4.69) is 29.6 Å². The van der Waals surface area contributed by atoms with E-state index in [1.807, 2.05) is 24.3 Å². The summed E-state index contributed by atoms with van der Waals surface area (Å²) in [5.41, 5.74) is 3.31. The first kappa shape index (κ1) is 16.3. The number of nitriles is 1. The number of anilines is 1. The van der Waals surface area contributed by atoms with Gasteiger partial charge in [-0.3, -0.25) is 0 Å². The minimum absolute atomic E-state index is 0.0549. The zero-order valence-electron chi connectivity index (χ0n) is 13.4. The van der Waals surface area contributed by atoms with Crippen LogP contribution in [0.4, 0.5) is 5.69 Å². The van der Waals surface area contributed by atoms with Gasteiger partial charge in [-0.2, -0.15) is 5.26 Å². The van der Waals surface area contributed by atoms with Gasteiger partial charge in [-0.1, -0.05) is 47.5 Å². The van der Waals surface area contributed by atoms with E-state index in [1.54, 1.807) is 6.07 Å². The molecule has 0 amide bonds. The average molecular weight is 371 g/mol. The van der Waals surface area contributed by atoms with E-state index in [-0.39, 0.29) is 12.6 Å². The Bertz CT molecular complexity index is 871. The van der Waals surface area contributed by atoms with Crippen LogP contribution in [0.2, 0.25) is 10.0 Å². The van der Waals surface area contributed by atoms with Gasteiger partial charge in [-0.05, 0) is 47.7 Å². The second-order valence-corrected chi connectivity index (χ2v) is 7.19. The summed E-state index contributed by atoms with van der Waals surface area (Å²) in [6, 6.07) is 13.8. The van der Waals surface area contributed by atoms with Gasteiger partial charge < -0.3 is 10.1 Å². The third-order valence-corrected chi connectivity index (χ3v) is 5.44. The highest BCUT2D eigenvalue weighted by Crippen LogP contribution is 2.52. The second kappa shape index (κ2) is 6.63. The normalized spacial score (nSPS) is 23.3. The molecular weight excluding hydrogens is 355 g/mol. The molecule has 0 spiro atoms. The van der Waals surface area contributed by atoms with Crippen LogP contribution in [0, 0.1) is 17.2 Å². The lowest BCUT2D eigenvalue weighted by molar-refractivity contribution is 0.367.